The number of hydrogen-bond donors (Lipinski definition) is 2. The molecule has 6 nitrogen and oxygen atoms in total. The number of nitro benzene ring substituents is 1. The van der Waals surface area contributed by atoms with Crippen LogP contribution in [0.15, 0.2) is 24.3 Å². The number of carbonyl (C=O) groups is 1. The van der Waals surface area contributed by atoms with Crippen molar-refractivity contribution in [1.29, 1.82) is 0 Å². The molecule has 1 aromatic carbocycles. The van der Waals surface area contributed by atoms with Crippen LogP contribution in [-0.4, -0.2) is 17.5 Å². The summed E-state index contributed by atoms with van der Waals surface area (Å²) in [5.41, 5.74) is 0.560. The summed E-state index contributed by atoms with van der Waals surface area (Å²) in [6.07, 6.45) is 15.5. The van der Waals surface area contributed by atoms with Crippen molar-refractivity contribution in [1.82, 2.24) is 5.32 Å². The molecule has 0 saturated heterocycles. The van der Waals surface area contributed by atoms with Crippen molar-refractivity contribution in [2.24, 2.45) is 0 Å². The Morgan fingerprint density at radius 3 is 1.81 bits per heavy atom. The minimum absolute atomic E-state index is 0.0115. The predicted molar refractivity (Wildman–Crippen MR) is 111 cm³/mol. The molecular formula is C21H35N3O3. The van der Waals surface area contributed by atoms with Gasteiger partial charge in [0.05, 0.1) is 4.92 Å². The van der Waals surface area contributed by atoms with Crippen LogP contribution in [-0.2, 0) is 0 Å². The molecule has 2 N–H and O–H groups in total. The van der Waals surface area contributed by atoms with E-state index in [2.05, 4.69) is 17.6 Å². The van der Waals surface area contributed by atoms with Gasteiger partial charge in [0.25, 0.3) is 5.69 Å². The van der Waals surface area contributed by atoms with Gasteiger partial charge in [-0.25, -0.2) is 4.79 Å². The van der Waals surface area contributed by atoms with Crippen molar-refractivity contribution in [3.8, 4) is 0 Å². The normalized spacial score (nSPS) is 10.6. The molecule has 0 heterocycles. The van der Waals surface area contributed by atoms with Gasteiger partial charge in [-0.05, 0) is 18.6 Å². The van der Waals surface area contributed by atoms with Gasteiger partial charge in [-0.1, -0.05) is 77.6 Å². The lowest BCUT2D eigenvalue weighted by Gasteiger charge is -2.07. The van der Waals surface area contributed by atoms with Crippen molar-refractivity contribution in [2.75, 3.05) is 11.9 Å². The van der Waals surface area contributed by atoms with Crippen molar-refractivity contribution < 1.29 is 9.72 Å². The van der Waals surface area contributed by atoms with Crippen LogP contribution in [0.1, 0.15) is 84.0 Å². The molecule has 27 heavy (non-hydrogen) atoms. The molecule has 0 aliphatic carbocycles. The lowest BCUT2D eigenvalue weighted by atomic mass is 10.1. The second kappa shape index (κ2) is 15.0. The number of carbonyl (C=O) groups excluding carboxylic acids is 1. The zero-order chi connectivity index (χ0) is 19.7. The minimum Gasteiger partial charge on any atom is -0.338 e. The first-order chi connectivity index (χ1) is 13.1. The number of hydrogen-bond acceptors (Lipinski definition) is 3. The molecule has 0 fully saturated rings. The van der Waals surface area contributed by atoms with Crippen molar-refractivity contribution >= 4 is 17.4 Å². The molecular weight excluding hydrogens is 342 g/mol. The van der Waals surface area contributed by atoms with Gasteiger partial charge in [0.1, 0.15) is 0 Å². The van der Waals surface area contributed by atoms with E-state index in [0.29, 0.717) is 12.2 Å². The molecule has 0 aliphatic heterocycles. The summed E-state index contributed by atoms with van der Waals surface area (Å²) in [4.78, 5) is 21.9. The summed E-state index contributed by atoms with van der Waals surface area (Å²) >= 11 is 0. The van der Waals surface area contributed by atoms with E-state index in [1.165, 1.54) is 88.5 Å². The maximum absolute atomic E-state index is 11.8. The average Bonchev–Trinajstić information content (AvgIpc) is 2.66. The highest BCUT2D eigenvalue weighted by atomic mass is 16.6. The monoisotopic (exact) mass is 377 g/mol. The number of non-ortho nitro benzene ring substituents is 1. The smallest absolute Gasteiger partial charge is 0.319 e. The number of rotatable bonds is 15. The van der Waals surface area contributed by atoms with E-state index in [9.17, 15) is 14.9 Å². The van der Waals surface area contributed by atoms with Crippen LogP contribution in [0.4, 0.5) is 16.2 Å². The fraction of sp³-hybridized carbons (Fsp3) is 0.667. The summed E-state index contributed by atoms with van der Waals surface area (Å²) in [6, 6.07) is 5.54. The number of nitrogens with zero attached hydrogens (tertiary/aromatic N) is 1. The number of nitro groups is 1. The molecule has 0 spiro atoms. The van der Waals surface area contributed by atoms with E-state index in [4.69, 9.17) is 0 Å². The van der Waals surface area contributed by atoms with Gasteiger partial charge in [0.15, 0.2) is 0 Å². The second-order valence-electron chi connectivity index (χ2n) is 7.07. The van der Waals surface area contributed by atoms with Gasteiger partial charge in [-0.15, -0.1) is 0 Å². The first-order valence-electron chi connectivity index (χ1n) is 10.4. The van der Waals surface area contributed by atoms with Crippen LogP contribution in [0.5, 0.6) is 0 Å². The molecule has 1 rings (SSSR count). The topological polar surface area (TPSA) is 84.3 Å². The van der Waals surface area contributed by atoms with E-state index in [1.54, 1.807) is 0 Å². The van der Waals surface area contributed by atoms with Crippen LogP contribution in [0, 0.1) is 10.1 Å². The third-order valence-corrected chi connectivity index (χ3v) is 4.65. The fourth-order valence-corrected chi connectivity index (χ4v) is 3.01. The molecule has 0 aromatic heterocycles. The summed E-state index contributed by atoms with van der Waals surface area (Å²) in [6.45, 7) is 2.90. The van der Waals surface area contributed by atoms with Crippen molar-refractivity contribution in [3.63, 3.8) is 0 Å². The van der Waals surface area contributed by atoms with Crippen LogP contribution in [0.25, 0.3) is 0 Å². The zero-order valence-corrected chi connectivity index (χ0v) is 16.7. The number of amides is 2. The van der Waals surface area contributed by atoms with Crippen molar-refractivity contribution in [3.05, 3.63) is 34.4 Å². The number of unbranched alkanes of at least 4 members (excludes halogenated alkanes) is 11. The Bertz CT molecular complexity index is 532. The molecule has 0 radical (unpaired) electrons. The predicted octanol–water partition coefficient (Wildman–Crippen LogP) is 6.42. The summed E-state index contributed by atoms with van der Waals surface area (Å²) < 4.78 is 0. The highest BCUT2D eigenvalue weighted by Gasteiger charge is 2.05. The highest BCUT2D eigenvalue weighted by molar-refractivity contribution is 5.89. The van der Waals surface area contributed by atoms with Gasteiger partial charge >= 0.3 is 6.03 Å². The molecule has 0 atom stereocenters. The first-order valence-corrected chi connectivity index (χ1v) is 10.4. The molecule has 0 unspecified atom stereocenters. The molecule has 2 amide bonds. The Morgan fingerprint density at radius 2 is 1.33 bits per heavy atom. The minimum atomic E-state index is -0.461. The van der Waals surface area contributed by atoms with Gasteiger partial charge in [-0.3, -0.25) is 10.1 Å². The van der Waals surface area contributed by atoms with Gasteiger partial charge < -0.3 is 10.6 Å². The SMILES string of the molecule is CCCCCCCCCCCCCCNC(=O)Nc1ccc([N+](=O)[O-])cc1. The zero-order valence-electron chi connectivity index (χ0n) is 16.7. The Labute approximate surface area is 163 Å². The second-order valence-corrected chi connectivity index (χ2v) is 7.07. The van der Waals surface area contributed by atoms with E-state index >= 15 is 0 Å². The molecule has 0 aliphatic rings. The van der Waals surface area contributed by atoms with Gasteiger partial charge in [-0.2, -0.15) is 0 Å². The van der Waals surface area contributed by atoms with E-state index in [0.717, 1.165) is 12.8 Å². The largest absolute Gasteiger partial charge is 0.338 e. The van der Waals surface area contributed by atoms with Crippen LogP contribution >= 0.6 is 0 Å². The molecule has 152 valence electrons. The van der Waals surface area contributed by atoms with E-state index in [1.807, 2.05) is 0 Å². The third kappa shape index (κ3) is 12.0. The maximum atomic E-state index is 11.8. The van der Waals surface area contributed by atoms with E-state index in [-0.39, 0.29) is 11.7 Å². The Balaban J connectivity index is 1.93. The van der Waals surface area contributed by atoms with Gasteiger partial charge in [0.2, 0.25) is 0 Å². The Morgan fingerprint density at radius 1 is 0.852 bits per heavy atom. The van der Waals surface area contributed by atoms with E-state index < -0.39 is 4.92 Å². The van der Waals surface area contributed by atoms with Crippen LogP contribution in [0.3, 0.4) is 0 Å². The summed E-state index contributed by atoms with van der Waals surface area (Å²) in [5.74, 6) is 0. The summed E-state index contributed by atoms with van der Waals surface area (Å²) in [7, 11) is 0. The standard InChI is InChI=1S/C21H35N3O3/c1-2-3-4-5-6-7-8-9-10-11-12-13-18-22-21(25)23-19-14-16-20(17-15-19)24(26)27/h14-17H,2-13,18H2,1H3,(H2,22,23,25). The molecule has 0 saturated carbocycles. The van der Waals surface area contributed by atoms with Gasteiger partial charge in [0, 0.05) is 24.4 Å². The lowest BCUT2D eigenvalue weighted by molar-refractivity contribution is -0.384. The lowest BCUT2D eigenvalue weighted by Crippen LogP contribution is -2.29. The van der Waals surface area contributed by atoms with Crippen LogP contribution < -0.4 is 10.6 Å². The number of anilines is 1. The number of nitrogens with one attached hydrogen (secondary N) is 2. The molecule has 0 bridgehead atoms. The first kappa shape index (κ1) is 22.9. The third-order valence-electron chi connectivity index (χ3n) is 4.65. The number of benzene rings is 1. The fourth-order valence-electron chi connectivity index (χ4n) is 3.01. The molecule has 1 aromatic rings. The summed E-state index contributed by atoms with van der Waals surface area (Å²) in [5, 5.41) is 16.1. The number of urea groups is 1. The highest BCUT2D eigenvalue weighted by Crippen LogP contribution is 2.15. The molecule has 6 heteroatoms. The average molecular weight is 378 g/mol. The Kier molecular flexibility index (Phi) is 12.7. The Hall–Kier alpha value is -2.11. The van der Waals surface area contributed by atoms with Crippen molar-refractivity contribution in [2.45, 2.75) is 84.0 Å². The van der Waals surface area contributed by atoms with Crippen LogP contribution in [0.2, 0.25) is 0 Å². The quantitative estimate of drug-likeness (QED) is 0.210. The maximum Gasteiger partial charge on any atom is 0.319 e.